The Balaban J connectivity index is 2.78. The third-order valence-corrected chi connectivity index (χ3v) is 2.15. The molecule has 0 amide bonds. The monoisotopic (exact) mass is 174 g/mol. The molecule has 68 valence electrons. The summed E-state index contributed by atoms with van der Waals surface area (Å²) in [6, 6.07) is 2.32. The van der Waals surface area contributed by atoms with E-state index in [0.29, 0.717) is 0 Å². The van der Waals surface area contributed by atoms with E-state index in [2.05, 4.69) is 17.6 Å². The van der Waals surface area contributed by atoms with Crippen LogP contribution in [0, 0.1) is 16.7 Å². The van der Waals surface area contributed by atoms with E-state index in [0.717, 1.165) is 24.1 Å². The summed E-state index contributed by atoms with van der Waals surface area (Å²) in [5.41, 5.74) is 1.52. The summed E-state index contributed by atoms with van der Waals surface area (Å²) in [4.78, 5) is 4.26. The van der Waals surface area contributed by atoms with Crippen LogP contribution in [0.25, 0.3) is 0 Å². The van der Waals surface area contributed by atoms with Crippen LogP contribution < -0.4 is 0 Å². The maximum Gasteiger partial charge on any atom is 0.0991 e. The topological polar surface area (TPSA) is 36.1 Å². The fourth-order valence-electron chi connectivity index (χ4n) is 1.20. The highest BCUT2D eigenvalue weighted by Crippen LogP contribution is 2.51. The van der Waals surface area contributed by atoms with E-state index in [1.165, 1.54) is 0 Å². The molecule has 0 aromatic rings. The van der Waals surface area contributed by atoms with Crippen molar-refractivity contribution in [2.75, 3.05) is 0 Å². The Morgan fingerprint density at radius 2 is 2.23 bits per heavy atom. The summed E-state index contributed by atoms with van der Waals surface area (Å²) in [5, 5.41) is 8.94. The predicted octanol–water partition coefficient (Wildman–Crippen LogP) is 2.84. The lowest BCUT2D eigenvalue weighted by Crippen LogP contribution is -1.99. The molecule has 0 saturated heterocycles. The molecule has 0 spiro atoms. The molecule has 0 aliphatic heterocycles. The van der Waals surface area contributed by atoms with E-state index < -0.39 is 0 Å². The predicted molar refractivity (Wildman–Crippen MR) is 54.3 cm³/mol. The van der Waals surface area contributed by atoms with E-state index in [1.807, 2.05) is 19.9 Å². The van der Waals surface area contributed by atoms with Crippen molar-refractivity contribution in [3.63, 3.8) is 0 Å². The Hall–Kier alpha value is -1.36. The van der Waals surface area contributed by atoms with Crippen molar-refractivity contribution in [3.05, 3.63) is 23.9 Å². The second kappa shape index (κ2) is 3.57. The van der Waals surface area contributed by atoms with Crippen LogP contribution >= 0.6 is 0 Å². The van der Waals surface area contributed by atoms with Gasteiger partial charge in [-0.25, -0.2) is 0 Å². The Bertz CT molecular complexity index is 311. The van der Waals surface area contributed by atoms with Gasteiger partial charge in [0.15, 0.2) is 0 Å². The van der Waals surface area contributed by atoms with E-state index in [-0.39, 0.29) is 5.41 Å². The number of aliphatic imine (C=N–C) groups is 1. The first-order chi connectivity index (χ1) is 6.14. The molecule has 1 fully saturated rings. The molecule has 0 heterocycles. The van der Waals surface area contributed by atoms with Gasteiger partial charge in [0.05, 0.1) is 17.2 Å². The van der Waals surface area contributed by atoms with Crippen molar-refractivity contribution in [1.29, 1.82) is 5.26 Å². The third-order valence-electron chi connectivity index (χ3n) is 2.15. The zero-order valence-electron chi connectivity index (χ0n) is 8.17. The van der Waals surface area contributed by atoms with E-state index in [4.69, 9.17) is 5.26 Å². The molecule has 0 radical (unpaired) electrons. The summed E-state index contributed by atoms with van der Waals surface area (Å²) < 4.78 is 0. The van der Waals surface area contributed by atoms with Crippen molar-refractivity contribution in [3.8, 4) is 6.07 Å². The van der Waals surface area contributed by atoms with Crippen LogP contribution in [0.15, 0.2) is 28.9 Å². The molecule has 1 aliphatic carbocycles. The minimum atomic E-state index is -0.277. The number of nitriles is 1. The number of nitrogens with zero attached hydrogens (tertiary/aromatic N) is 2. The smallest absolute Gasteiger partial charge is 0.0991 e. The molecule has 0 atom stereocenters. The molecule has 1 aliphatic rings. The quantitative estimate of drug-likeness (QED) is 0.606. The Labute approximate surface area is 79.3 Å². The minimum absolute atomic E-state index is 0.277. The largest absolute Gasteiger partial charge is 0.260 e. The molecule has 0 bridgehead atoms. The molecular formula is C11H14N2. The highest BCUT2D eigenvalue weighted by Gasteiger charge is 2.46. The van der Waals surface area contributed by atoms with Gasteiger partial charge in [0.1, 0.15) is 0 Å². The van der Waals surface area contributed by atoms with Crippen LogP contribution in [0.2, 0.25) is 0 Å². The number of allylic oxidation sites excluding steroid dienone is 3. The van der Waals surface area contributed by atoms with Crippen molar-refractivity contribution >= 4 is 6.21 Å². The summed E-state index contributed by atoms with van der Waals surface area (Å²) in [6.07, 6.45) is 5.51. The molecule has 0 aromatic heterocycles. The summed E-state index contributed by atoms with van der Waals surface area (Å²) in [5.74, 6) is 0. The zero-order valence-corrected chi connectivity index (χ0v) is 8.17. The molecular weight excluding hydrogens is 160 g/mol. The van der Waals surface area contributed by atoms with Gasteiger partial charge in [-0.2, -0.15) is 5.26 Å². The standard InChI is InChI=1S/C11H14N2/c1-4-10(13-7-9(2)3)11(8-12)5-6-11/h4,7H,2,5-6H2,1,3H3/b10-4-,13-7?. The Morgan fingerprint density at radius 1 is 1.62 bits per heavy atom. The van der Waals surface area contributed by atoms with Gasteiger partial charge in [0.2, 0.25) is 0 Å². The van der Waals surface area contributed by atoms with Crippen LogP contribution in [0.4, 0.5) is 0 Å². The zero-order chi connectivity index (χ0) is 9.90. The molecule has 0 N–H and O–H groups in total. The summed E-state index contributed by atoms with van der Waals surface area (Å²) in [7, 11) is 0. The fourth-order valence-corrected chi connectivity index (χ4v) is 1.20. The van der Waals surface area contributed by atoms with E-state index in [9.17, 15) is 0 Å². The van der Waals surface area contributed by atoms with E-state index >= 15 is 0 Å². The molecule has 0 aromatic carbocycles. The lowest BCUT2D eigenvalue weighted by Gasteiger charge is -2.04. The van der Waals surface area contributed by atoms with Crippen molar-refractivity contribution in [2.45, 2.75) is 26.7 Å². The maximum absolute atomic E-state index is 8.94. The first-order valence-electron chi connectivity index (χ1n) is 4.42. The first-order valence-corrected chi connectivity index (χ1v) is 4.42. The van der Waals surface area contributed by atoms with Gasteiger partial charge < -0.3 is 0 Å². The highest BCUT2D eigenvalue weighted by atomic mass is 14.8. The normalized spacial score (nSPS) is 19.9. The van der Waals surface area contributed by atoms with Crippen LogP contribution in [-0.2, 0) is 0 Å². The molecule has 0 unspecified atom stereocenters. The van der Waals surface area contributed by atoms with Crippen LogP contribution in [0.1, 0.15) is 26.7 Å². The molecule has 1 rings (SSSR count). The van der Waals surface area contributed by atoms with Gasteiger partial charge in [-0.3, -0.25) is 4.99 Å². The SMILES string of the molecule is C=C(C)C=N/C(=C\C)C1(C#N)CC1. The summed E-state index contributed by atoms with van der Waals surface area (Å²) in [6.45, 7) is 7.54. The van der Waals surface area contributed by atoms with Crippen LogP contribution in [-0.4, -0.2) is 6.21 Å². The lowest BCUT2D eigenvalue weighted by atomic mass is 10.1. The first kappa shape index (κ1) is 9.73. The third kappa shape index (κ3) is 2.06. The van der Waals surface area contributed by atoms with Crippen LogP contribution in [0.3, 0.4) is 0 Å². The van der Waals surface area contributed by atoms with Crippen LogP contribution in [0.5, 0.6) is 0 Å². The molecule has 2 heteroatoms. The van der Waals surface area contributed by atoms with Gasteiger partial charge in [0.25, 0.3) is 0 Å². The molecule has 1 saturated carbocycles. The van der Waals surface area contributed by atoms with Gasteiger partial charge in [0, 0.05) is 6.21 Å². The van der Waals surface area contributed by atoms with Crippen molar-refractivity contribution in [1.82, 2.24) is 0 Å². The van der Waals surface area contributed by atoms with Crippen molar-refractivity contribution in [2.24, 2.45) is 10.4 Å². The van der Waals surface area contributed by atoms with E-state index in [1.54, 1.807) is 6.21 Å². The fraction of sp³-hybridized carbons (Fsp3) is 0.455. The second-order valence-corrected chi connectivity index (χ2v) is 3.47. The number of rotatable bonds is 3. The number of hydrogen-bond donors (Lipinski definition) is 0. The minimum Gasteiger partial charge on any atom is -0.260 e. The van der Waals surface area contributed by atoms with Gasteiger partial charge in [-0.1, -0.05) is 12.7 Å². The number of hydrogen-bond acceptors (Lipinski definition) is 2. The van der Waals surface area contributed by atoms with Gasteiger partial charge >= 0.3 is 0 Å². The second-order valence-electron chi connectivity index (χ2n) is 3.47. The summed E-state index contributed by atoms with van der Waals surface area (Å²) >= 11 is 0. The molecule has 13 heavy (non-hydrogen) atoms. The Kier molecular flexibility index (Phi) is 2.67. The average molecular weight is 174 g/mol. The average Bonchev–Trinajstić information content (AvgIpc) is 2.86. The van der Waals surface area contributed by atoms with Gasteiger partial charge in [-0.05, 0) is 32.3 Å². The van der Waals surface area contributed by atoms with Crippen molar-refractivity contribution < 1.29 is 0 Å². The Morgan fingerprint density at radius 3 is 2.54 bits per heavy atom. The van der Waals surface area contributed by atoms with Gasteiger partial charge in [-0.15, -0.1) is 0 Å². The maximum atomic E-state index is 8.94. The molecule has 2 nitrogen and oxygen atoms in total. The lowest BCUT2D eigenvalue weighted by molar-refractivity contribution is 0.787. The highest BCUT2D eigenvalue weighted by molar-refractivity contribution is 5.77.